The van der Waals surface area contributed by atoms with Crippen molar-refractivity contribution in [2.75, 3.05) is 26.2 Å². The first-order valence-electron chi connectivity index (χ1n) is 8.10. The van der Waals surface area contributed by atoms with Crippen molar-refractivity contribution in [2.24, 2.45) is 11.1 Å². The number of nitrogens with two attached hydrogens (primary N) is 1. The van der Waals surface area contributed by atoms with Crippen molar-refractivity contribution in [3.8, 4) is 0 Å². The predicted octanol–water partition coefficient (Wildman–Crippen LogP) is 2.31. The molecule has 2 N–H and O–H groups in total. The van der Waals surface area contributed by atoms with E-state index in [9.17, 15) is 0 Å². The van der Waals surface area contributed by atoms with Crippen LogP contribution in [0.4, 0.5) is 0 Å². The highest BCUT2D eigenvalue weighted by molar-refractivity contribution is 4.93. The van der Waals surface area contributed by atoms with E-state index in [0.717, 1.165) is 12.6 Å². The third kappa shape index (κ3) is 3.93. The van der Waals surface area contributed by atoms with Crippen LogP contribution in [0.25, 0.3) is 0 Å². The largest absolute Gasteiger partial charge is 0.329 e. The molecule has 0 aliphatic carbocycles. The molecule has 0 aromatic carbocycles. The molecule has 3 heteroatoms. The second-order valence-corrected chi connectivity index (χ2v) is 7.84. The van der Waals surface area contributed by atoms with Gasteiger partial charge < -0.3 is 5.73 Å². The van der Waals surface area contributed by atoms with Crippen LogP contribution in [-0.4, -0.2) is 54.1 Å². The third-order valence-corrected chi connectivity index (χ3v) is 4.82. The maximum absolute atomic E-state index is 6.09. The normalized spacial score (nSPS) is 32.1. The van der Waals surface area contributed by atoms with Crippen molar-refractivity contribution < 1.29 is 0 Å². The summed E-state index contributed by atoms with van der Waals surface area (Å²) in [6, 6.07) is 2.00. The Bertz CT molecular complexity index is 284. The van der Waals surface area contributed by atoms with Gasteiger partial charge in [-0.1, -0.05) is 27.2 Å². The number of fused-ring (bicyclic) bond motifs is 1. The number of hydrogen-bond donors (Lipinski definition) is 1. The van der Waals surface area contributed by atoms with Gasteiger partial charge in [0.1, 0.15) is 0 Å². The fraction of sp³-hybridized carbons (Fsp3) is 1.00. The number of nitrogens with zero attached hydrogens (tertiary/aromatic N) is 2. The summed E-state index contributed by atoms with van der Waals surface area (Å²) < 4.78 is 0. The summed E-state index contributed by atoms with van der Waals surface area (Å²) in [5.41, 5.74) is 6.45. The minimum atomic E-state index is 0.369. The van der Waals surface area contributed by atoms with Crippen LogP contribution in [0.5, 0.6) is 0 Å². The van der Waals surface area contributed by atoms with Gasteiger partial charge in [-0.25, -0.2) is 0 Å². The molecule has 0 spiro atoms. The lowest BCUT2D eigenvalue weighted by Crippen LogP contribution is -2.62. The highest BCUT2D eigenvalue weighted by atomic mass is 15.3. The molecule has 2 rings (SSSR count). The van der Waals surface area contributed by atoms with Crippen LogP contribution in [0.1, 0.15) is 53.4 Å². The molecule has 0 saturated carbocycles. The second kappa shape index (κ2) is 6.11. The van der Waals surface area contributed by atoms with Gasteiger partial charge in [0.2, 0.25) is 0 Å². The number of rotatable bonds is 3. The summed E-state index contributed by atoms with van der Waals surface area (Å²) in [6.45, 7) is 14.0. The van der Waals surface area contributed by atoms with Gasteiger partial charge in [-0.3, -0.25) is 9.80 Å². The van der Waals surface area contributed by atoms with E-state index in [-0.39, 0.29) is 0 Å². The molecule has 2 heterocycles. The quantitative estimate of drug-likeness (QED) is 0.852. The summed E-state index contributed by atoms with van der Waals surface area (Å²) in [5.74, 6) is 0. The van der Waals surface area contributed by atoms with Gasteiger partial charge in [-0.05, 0) is 38.1 Å². The van der Waals surface area contributed by atoms with Gasteiger partial charge >= 0.3 is 0 Å². The Hall–Kier alpha value is -0.120. The first-order chi connectivity index (χ1) is 8.90. The molecule has 112 valence electrons. The average molecular weight is 267 g/mol. The van der Waals surface area contributed by atoms with Crippen molar-refractivity contribution in [3.05, 3.63) is 0 Å². The molecule has 3 unspecified atom stereocenters. The first-order valence-corrected chi connectivity index (χ1v) is 8.10. The minimum absolute atomic E-state index is 0.369. The zero-order chi connectivity index (χ0) is 14.0. The molecule has 2 saturated heterocycles. The Morgan fingerprint density at radius 1 is 1.21 bits per heavy atom. The van der Waals surface area contributed by atoms with Crippen LogP contribution in [-0.2, 0) is 0 Å². The lowest BCUT2D eigenvalue weighted by Gasteiger charge is -2.50. The van der Waals surface area contributed by atoms with E-state index in [1.807, 2.05) is 0 Å². The van der Waals surface area contributed by atoms with Crippen LogP contribution in [0.3, 0.4) is 0 Å². The van der Waals surface area contributed by atoms with Crippen LogP contribution < -0.4 is 5.73 Å². The molecule has 0 bridgehead atoms. The SMILES string of the molecule is CC1CN2CCCCC2CN1C(CN)CC(C)(C)C. The highest BCUT2D eigenvalue weighted by Gasteiger charge is 2.36. The lowest BCUT2D eigenvalue weighted by molar-refractivity contribution is -0.0142. The van der Waals surface area contributed by atoms with Crippen molar-refractivity contribution in [1.82, 2.24) is 9.80 Å². The first kappa shape index (κ1) is 15.3. The fourth-order valence-electron chi connectivity index (χ4n) is 3.93. The summed E-state index contributed by atoms with van der Waals surface area (Å²) >= 11 is 0. The number of hydrogen-bond acceptors (Lipinski definition) is 3. The minimum Gasteiger partial charge on any atom is -0.329 e. The molecule has 2 aliphatic heterocycles. The van der Waals surface area contributed by atoms with Crippen molar-refractivity contribution in [1.29, 1.82) is 0 Å². The maximum Gasteiger partial charge on any atom is 0.0227 e. The van der Waals surface area contributed by atoms with E-state index in [0.29, 0.717) is 17.5 Å². The number of piperidine rings is 1. The van der Waals surface area contributed by atoms with Gasteiger partial charge in [0.05, 0.1) is 0 Å². The summed E-state index contributed by atoms with van der Waals surface area (Å²) in [4.78, 5) is 5.42. The van der Waals surface area contributed by atoms with E-state index < -0.39 is 0 Å². The second-order valence-electron chi connectivity index (χ2n) is 7.84. The molecular weight excluding hydrogens is 234 g/mol. The number of piperazine rings is 1. The van der Waals surface area contributed by atoms with E-state index >= 15 is 0 Å². The zero-order valence-corrected chi connectivity index (χ0v) is 13.4. The molecule has 2 aliphatic rings. The van der Waals surface area contributed by atoms with Crippen molar-refractivity contribution >= 4 is 0 Å². The maximum atomic E-state index is 6.09. The molecular formula is C16H33N3. The van der Waals surface area contributed by atoms with Crippen LogP contribution >= 0.6 is 0 Å². The van der Waals surface area contributed by atoms with Crippen molar-refractivity contribution in [2.45, 2.75) is 71.5 Å². The molecule has 19 heavy (non-hydrogen) atoms. The molecule has 3 atom stereocenters. The van der Waals surface area contributed by atoms with E-state index in [2.05, 4.69) is 37.5 Å². The van der Waals surface area contributed by atoms with Crippen LogP contribution in [0.2, 0.25) is 0 Å². The van der Waals surface area contributed by atoms with E-state index in [4.69, 9.17) is 5.73 Å². The van der Waals surface area contributed by atoms with E-state index in [1.54, 1.807) is 0 Å². The summed E-state index contributed by atoms with van der Waals surface area (Å²) in [5, 5.41) is 0. The van der Waals surface area contributed by atoms with E-state index in [1.165, 1.54) is 45.3 Å². The van der Waals surface area contributed by atoms with Crippen molar-refractivity contribution in [3.63, 3.8) is 0 Å². The fourth-order valence-corrected chi connectivity index (χ4v) is 3.93. The monoisotopic (exact) mass is 267 g/mol. The van der Waals surface area contributed by atoms with Crippen LogP contribution in [0.15, 0.2) is 0 Å². The van der Waals surface area contributed by atoms with Gasteiger partial charge in [-0.2, -0.15) is 0 Å². The lowest BCUT2D eigenvalue weighted by atomic mass is 9.86. The smallest absolute Gasteiger partial charge is 0.0227 e. The van der Waals surface area contributed by atoms with Crippen LogP contribution in [0, 0.1) is 5.41 Å². The molecule has 2 fully saturated rings. The topological polar surface area (TPSA) is 32.5 Å². The standard InChI is InChI=1S/C16H33N3/c1-13-11-18-8-6-5-7-14(18)12-19(13)15(10-17)9-16(2,3)4/h13-15H,5-12,17H2,1-4H3. The molecule has 3 nitrogen and oxygen atoms in total. The Balaban J connectivity index is 2.01. The molecule has 0 radical (unpaired) electrons. The van der Waals surface area contributed by atoms with Gasteiger partial charge in [0.15, 0.2) is 0 Å². The molecule has 0 amide bonds. The Morgan fingerprint density at radius 2 is 1.95 bits per heavy atom. The summed E-state index contributed by atoms with van der Waals surface area (Å²) in [7, 11) is 0. The Kier molecular flexibility index (Phi) is 4.91. The van der Waals surface area contributed by atoms with Gasteiger partial charge in [0, 0.05) is 37.8 Å². The zero-order valence-electron chi connectivity index (χ0n) is 13.4. The van der Waals surface area contributed by atoms with Gasteiger partial charge in [-0.15, -0.1) is 0 Å². The molecule has 0 aromatic rings. The third-order valence-electron chi connectivity index (χ3n) is 4.82. The Morgan fingerprint density at radius 3 is 2.58 bits per heavy atom. The molecule has 0 aromatic heterocycles. The Labute approximate surface area is 119 Å². The average Bonchev–Trinajstić information content (AvgIpc) is 2.34. The summed E-state index contributed by atoms with van der Waals surface area (Å²) in [6.07, 6.45) is 5.40. The highest BCUT2D eigenvalue weighted by Crippen LogP contribution is 2.29. The predicted molar refractivity (Wildman–Crippen MR) is 82.3 cm³/mol. The van der Waals surface area contributed by atoms with Gasteiger partial charge in [0.25, 0.3) is 0 Å².